The summed E-state index contributed by atoms with van der Waals surface area (Å²) in [5, 5.41) is 3.79. The van der Waals surface area contributed by atoms with Gasteiger partial charge in [0.25, 0.3) is 11.7 Å². The fourth-order valence-corrected chi connectivity index (χ4v) is 4.39. The molecular formula is C20H26N2O2. The Morgan fingerprint density at radius 3 is 2.62 bits per heavy atom. The first-order valence-corrected chi connectivity index (χ1v) is 8.69. The minimum Gasteiger partial charge on any atom is -0.358 e. The molecule has 1 saturated carbocycles. The number of para-hydroxylation sites is 1. The van der Waals surface area contributed by atoms with Crippen molar-refractivity contribution in [3.63, 3.8) is 0 Å². The van der Waals surface area contributed by atoms with Crippen LogP contribution >= 0.6 is 0 Å². The van der Waals surface area contributed by atoms with Crippen LogP contribution in [-0.2, 0) is 4.79 Å². The largest absolute Gasteiger partial charge is 0.358 e. The molecule has 0 aliphatic heterocycles. The first-order chi connectivity index (χ1) is 11.3. The van der Waals surface area contributed by atoms with E-state index in [4.69, 9.17) is 0 Å². The second-order valence-electron chi connectivity index (χ2n) is 8.08. The van der Waals surface area contributed by atoms with Crippen molar-refractivity contribution >= 4 is 22.6 Å². The van der Waals surface area contributed by atoms with E-state index in [-0.39, 0.29) is 11.5 Å². The molecule has 1 heterocycles. The molecule has 128 valence electrons. The van der Waals surface area contributed by atoms with E-state index < -0.39 is 11.7 Å². The molecule has 0 unspecified atom stereocenters. The number of rotatable bonds is 3. The van der Waals surface area contributed by atoms with Gasteiger partial charge in [0, 0.05) is 22.6 Å². The molecule has 1 aromatic heterocycles. The van der Waals surface area contributed by atoms with Crippen LogP contribution in [0.15, 0.2) is 24.3 Å². The van der Waals surface area contributed by atoms with Crippen molar-refractivity contribution in [2.45, 2.75) is 53.0 Å². The van der Waals surface area contributed by atoms with Crippen LogP contribution in [0.1, 0.15) is 56.1 Å². The monoisotopic (exact) mass is 326 g/mol. The summed E-state index contributed by atoms with van der Waals surface area (Å²) < 4.78 is 0. The highest BCUT2D eigenvalue weighted by Gasteiger charge is 2.34. The number of benzene rings is 1. The molecule has 2 atom stereocenters. The van der Waals surface area contributed by atoms with Crippen molar-refractivity contribution < 1.29 is 9.59 Å². The third kappa shape index (κ3) is 3.23. The number of amides is 1. The maximum atomic E-state index is 12.7. The zero-order chi connectivity index (χ0) is 17.5. The Kier molecular flexibility index (Phi) is 4.24. The average Bonchev–Trinajstić information content (AvgIpc) is 2.79. The van der Waals surface area contributed by atoms with Gasteiger partial charge in [-0.15, -0.1) is 0 Å². The summed E-state index contributed by atoms with van der Waals surface area (Å²) >= 11 is 0. The summed E-state index contributed by atoms with van der Waals surface area (Å²) in [5.41, 5.74) is 2.33. The number of Topliss-reactive ketones (excluding diaryl/α,β-unsaturated/α-hetero) is 1. The van der Waals surface area contributed by atoms with Gasteiger partial charge in [-0.05, 0) is 43.6 Å². The predicted octanol–water partition coefficient (Wildman–Crippen LogP) is 3.99. The van der Waals surface area contributed by atoms with Gasteiger partial charge in [0.05, 0.1) is 5.56 Å². The molecule has 0 bridgehead atoms. The van der Waals surface area contributed by atoms with E-state index in [2.05, 4.69) is 31.1 Å². The van der Waals surface area contributed by atoms with Gasteiger partial charge in [-0.2, -0.15) is 0 Å². The molecule has 0 spiro atoms. The standard InChI is InChI=1S/C20H26N2O2/c1-12-9-14(11-20(3,4)10-12)22-19(24)18(23)17-13(2)21-16-8-6-5-7-15(16)17/h5-8,12,14,21H,9-11H2,1-4H3,(H,22,24)/t12-,14-/m0/s1. The van der Waals surface area contributed by atoms with Crippen molar-refractivity contribution in [1.29, 1.82) is 0 Å². The molecule has 24 heavy (non-hydrogen) atoms. The average molecular weight is 326 g/mol. The summed E-state index contributed by atoms with van der Waals surface area (Å²) in [6.07, 6.45) is 3.02. The highest BCUT2D eigenvalue weighted by atomic mass is 16.2. The number of carbonyl (C=O) groups is 2. The molecule has 1 fully saturated rings. The van der Waals surface area contributed by atoms with Gasteiger partial charge in [0.1, 0.15) is 0 Å². The molecule has 1 aliphatic carbocycles. The van der Waals surface area contributed by atoms with Crippen molar-refractivity contribution in [3.8, 4) is 0 Å². The van der Waals surface area contributed by atoms with Crippen molar-refractivity contribution in [2.75, 3.05) is 0 Å². The summed E-state index contributed by atoms with van der Waals surface area (Å²) in [6.45, 7) is 8.51. The van der Waals surface area contributed by atoms with Crippen molar-refractivity contribution in [1.82, 2.24) is 10.3 Å². The van der Waals surface area contributed by atoms with Gasteiger partial charge in [-0.25, -0.2) is 0 Å². The summed E-state index contributed by atoms with van der Waals surface area (Å²) in [6, 6.07) is 7.67. The number of fused-ring (bicyclic) bond motifs is 1. The summed E-state index contributed by atoms with van der Waals surface area (Å²) in [4.78, 5) is 28.5. The molecule has 0 saturated heterocycles. The zero-order valence-corrected chi connectivity index (χ0v) is 14.9. The number of aryl methyl sites for hydroxylation is 1. The minimum atomic E-state index is -0.488. The number of carbonyl (C=O) groups excluding carboxylic acids is 2. The van der Waals surface area contributed by atoms with Crippen LogP contribution in [0.25, 0.3) is 10.9 Å². The first kappa shape index (κ1) is 16.7. The number of H-pyrrole nitrogens is 1. The fraction of sp³-hybridized carbons (Fsp3) is 0.500. The lowest BCUT2D eigenvalue weighted by molar-refractivity contribution is -0.118. The van der Waals surface area contributed by atoms with Gasteiger partial charge in [0.2, 0.25) is 0 Å². The van der Waals surface area contributed by atoms with Gasteiger partial charge < -0.3 is 10.3 Å². The van der Waals surface area contributed by atoms with Gasteiger partial charge in [0.15, 0.2) is 0 Å². The fourth-order valence-electron chi connectivity index (χ4n) is 4.39. The normalized spacial score (nSPS) is 23.2. The number of hydrogen-bond donors (Lipinski definition) is 2. The first-order valence-electron chi connectivity index (χ1n) is 8.69. The number of aromatic nitrogens is 1. The van der Waals surface area contributed by atoms with Gasteiger partial charge in [-0.1, -0.05) is 39.0 Å². The Morgan fingerprint density at radius 2 is 1.92 bits per heavy atom. The van der Waals surface area contributed by atoms with Crippen LogP contribution in [0, 0.1) is 18.3 Å². The van der Waals surface area contributed by atoms with Crippen LogP contribution < -0.4 is 5.32 Å². The second kappa shape index (κ2) is 6.08. The molecule has 3 rings (SSSR count). The van der Waals surface area contributed by atoms with E-state index in [0.29, 0.717) is 11.5 Å². The van der Waals surface area contributed by atoms with E-state index in [1.807, 2.05) is 31.2 Å². The molecule has 4 heteroatoms. The third-order valence-corrected chi connectivity index (χ3v) is 5.05. The second-order valence-corrected chi connectivity index (χ2v) is 8.08. The molecule has 2 N–H and O–H groups in total. The topological polar surface area (TPSA) is 62.0 Å². The van der Waals surface area contributed by atoms with Crippen LogP contribution in [0.2, 0.25) is 0 Å². The summed E-state index contributed by atoms with van der Waals surface area (Å²) in [5.74, 6) is -0.372. The lowest BCUT2D eigenvalue weighted by atomic mass is 9.70. The smallest absolute Gasteiger partial charge is 0.292 e. The van der Waals surface area contributed by atoms with E-state index >= 15 is 0 Å². The molecule has 2 aromatic rings. The van der Waals surface area contributed by atoms with Crippen LogP contribution in [0.3, 0.4) is 0 Å². The maximum absolute atomic E-state index is 12.7. The quantitative estimate of drug-likeness (QED) is 0.662. The van der Waals surface area contributed by atoms with Gasteiger partial charge >= 0.3 is 0 Å². The molecule has 0 radical (unpaired) electrons. The van der Waals surface area contributed by atoms with Crippen molar-refractivity contribution in [2.24, 2.45) is 11.3 Å². The number of ketones is 1. The van der Waals surface area contributed by atoms with Gasteiger partial charge in [-0.3, -0.25) is 9.59 Å². The number of hydrogen-bond acceptors (Lipinski definition) is 2. The number of nitrogens with one attached hydrogen (secondary N) is 2. The van der Waals surface area contributed by atoms with Crippen molar-refractivity contribution in [3.05, 3.63) is 35.5 Å². The Labute approximate surface area is 143 Å². The zero-order valence-electron chi connectivity index (χ0n) is 14.9. The van der Waals surface area contributed by atoms with Crippen LogP contribution in [0.4, 0.5) is 0 Å². The van der Waals surface area contributed by atoms with E-state index in [0.717, 1.165) is 35.9 Å². The van der Waals surface area contributed by atoms with Crippen LogP contribution in [0.5, 0.6) is 0 Å². The highest BCUT2D eigenvalue weighted by Crippen LogP contribution is 2.38. The Bertz CT molecular complexity index is 788. The Balaban J connectivity index is 1.80. The van der Waals surface area contributed by atoms with E-state index in [1.54, 1.807) is 0 Å². The maximum Gasteiger partial charge on any atom is 0.292 e. The molecule has 1 aromatic carbocycles. The third-order valence-electron chi connectivity index (χ3n) is 5.05. The van der Waals surface area contributed by atoms with Crippen LogP contribution in [-0.4, -0.2) is 22.7 Å². The van der Waals surface area contributed by atoms with E-state index in [9.17, 15) is 9.59 Å². The number of aromatic amines is 1. The predicted molar refractivity (Wildman–Crippen MR) is 96.1 cm³/mol. The molecule has 1 amide bonds. The lowest BCUT2D eigenvalue weighted by Crippen LogP contribution is -2.45. The lowest BCUT2D eigenvalue weighted by Gasteiger charge is -2.39. The minimum absolute atomic E-state index is 0.0747. The molecule has 1 aliphatic rings. The SMILES string of the molecule is Cc1[nH]c2ccccc2c1C(=O)C(=O)N[C@H]1C[C@H](C)CC(C)(C)C1. The van der Waals surface area contributed by atoms with E-state index in [1.165, 1.54) is 0 Å². The molecule has 4 nitrogen and oxygen atoms in total. The highest BCUT2D eigenvalue weighted by molar-refractivity contribution is 6.45. The Morgan fingerprint density at radius 1 is 1.21 bits per heavy atom. The summed E-state index contributed by atoms with van der Waals surface area (Å²) in [7, 11) is 0. The molecular weight excluding hydrogens is 300 g/mol. The Hall–Kier alpha value is -2.10.